The van der Waals surface area contributed by atoms with E-state index in [4.69, 9.17) is 9.98 Å². The molecule has 2 aliphatic rings. The molecule has 182 valence electrons. The third-order valence-corrected chi connectivity index (χ3v) is 7.34. The third kappa shape index (κ3) is 6.97. The van der Waals surface area contributed by atoms with Gasteiger partial charge >= 0.3 is 0 Å². The third-order valence-electron chi connectivity index (χ3n) is 5.84. The first-order valence-corrected chi connectivity index (χ1v) is 13.2. The molecular formula is C25H28N6O2S2. The van der Waals surface area contributed by atoms with Crippen LogP contribution in [0.2, 0.25) is 0 Å². The first-order valence-electron chi connectivity index (χ1n) is 11.5. The highest BCUT2D eigenvalue weighted by molar-refractivity contribution is 8.18. The minimum atomic E-state index is -0.398. The molecule has 0 bridgehead atoms. The second kappa shape index (κ2) is 12.1. The number of hydrogen-bond donors (Lipinski definition) is 3. The summed E-state index contributed by atoms with van der Waals surface area (Å²) in [7, 11) is 0. The van der Waals surface area contributed by atoms with Crippen molar-refractivity contribution in [2.75, 3.05) is 0 Å². The van der Waals surface area contributed by atoms with Crippen molar-refractivity contribution >= 4 is 46.9 Å². The van der Waals surface area contributed by atoms with E-state index in [9.17, 15) is 9.59 Å². The van der Waals surface area contributed by atoms with Crippen LogP contribution in [0.25, 0.3) is 11.3 Å². The van der Waals surface area contributed by atoms with Gasteiger partial charge in [0.05, 0.1) is 22.3 Å². The summed E-state index contributed by atoms with van der Waals surface area (Å²) in [5.41, 5.74) is 3.85. The molecule has 1 aliphatic carbocycles. The van der Waals surface area contributed by atoms with Crippen molar-refractivity contribution in [3.8, 4) is 11.3 Å². The van der Waals surface area contributed by atoms with Gasteiger partial charge in [0.15, 0.2) is 0 Å². The fourth-order valence-electron chi connectivity index (χ4n) is 3.98. The molecule has 35 heavy (non-hydrogen) atoms. The number of aliphatic imine (C=N–C) groups is 2. The van der Waals surface area contributed by atoms with Crippen molar-refractivity contribution in [3.63, 3.8) is 0 Å². The Balaban J connectivity index is 1.27. The number of allylic oxidation sites excluding steroid dienone is 2. The van der Waals surface area contributed by atoms with Crippen molar-refractivity contribution in [1.29, 1.82) is 0 Å². The molecule has 8 nitrogen and oxygen atoms in total. The van der Waals surface area contributed by atoms with Gasteiger partial charge in [-0.3, -0.25) is 19.9 Å². The number of pyridine rings is 1. The number of guanidine groups is 1. The summed E-state index contributed by atoms with van der Waals surface area (Å²) in [6.45, 7) is 6.20. The maximum absolute atomic E-state index is 11.8. The summed E-state index contributed by atoms with van der Waals surface area (Å²) in [5, 5.41) is 12.8. The molecule has 0 atom stereocenters. The Hall–Kier alpha value is -3.08. The van der Waals surface area contributed by atoms with E-state index < -0.39 is 5.91 Å². The van der Waals surface area contributed by atoms with Crippen LogP contribution in [0.5, 0.6) is 0 Å². The van der Waals surface area contributed by atoms with E-state index in [1.165, 1.54) is 0 Å². The van der Waals surface area contributed by atoms with Gasteiger partial charge in [0.2, 0.25) is 5.96 Å². The normalized spacial score (nSPS) is 22.4. The number of thioether (sulfide) groups is 1. The molecule has 0 radical (unpaired) electrons. The Morgan fingerprint density at radius 3 is 2.74 bits per heavy atom. The standard InChI is InChI=1S/C25H28N6O2S2/c1-3-17(13-22-23(32)31-25(33)35-22)29-24(26-2)30-19-9-7-18(8-10-19)27-14-20-5-4-6-21(28-20)16-11-12-34-15-16/h3-6,11-13,15,18-19,27H,2,7-10,14H2,1H3,(H,29,30)(H,31,32,33)/b17-3-,22-13-. The second-order valence-electron chi connectivity index (χ2n) is 8.24. The van der Waals surface area contributed by atoms with Crippen molar-refractivity contribution in [2.45, 2.75) is 51.2 Å². The van der Waals surface area contributed by atoms with E-state index in [2.05, 4.69) is 56.6 Å². The smallest absolute Gasteiger partial charge is 0.290 e. The molecule has 10 heteroatoms. The molecule has 1 aliphatic heterocycles. The maximum Gasteiger partial charge on any atom is 0.290 e. The Morgan fingerprint density at radius 2 is 2.09 bits per heavy atom. The molecule has 0 aromatic carbocycles. The molecule has 3 N–H and O–H groups in total. The number of imide groups is 1. The fraction of sp³-hybridized carbons (Fsp3) is 0.320. The van der Waals surface area contributed by atoms with Gasteiger partial charge < -0.3 is 10.6 Å². The van der Waals surface area contributed by atoms with E-state index in [0.717, 1.165) is 60.9 Å². The number of aromatic nitrogens is 1. The van der Waals surface area contributed by atoms with E-state index in [1.807, 2.05) is 13.0 Å². The molecule has 1 saturated carbocycles. The van der Waals surface area contributed by atoms with E-state index in [1.54, 1.807) is 23.5 Å². The van der Waals surface area contributed by atoms with Crippen LogP contribution in [-0.4, -0.2) is 40.9 Å². The molecule has 0 unspecified atom stereocenters. The van der Waals surface area contributed by atoms with Crippen LogP contribution in [0.1, 0.15) is 38.3 Å². The summed E-state index contributed by atoms with van der Waals surface area (Å²) in [5.74, 6) is 0.0148. The average molecular weight is 509 g/mol. The molecule has 0 spiro atoms. The average Bonchev–Trinajstić information content (AvgIpc) is 3.52. The molecule has 2 aromatic heterocycles. The minimum Gasteiger partial charge on any atom is -0.325 e. The van der Waals surface area contributed by atoms with Crippen LogP contribution in [0, 0.1) is 0 Å². The second-order valence-corrected chi connectivity index (χ2v) is 10.0. The van der Waals surface area contributed by atoms with Gasteiger partial charge in [0.1, 0.15) is 0 Å². The zero-order valence-corrected chi connectivity index (χ0v) is 21.1. The summed E-state index contributed by atoms with van der Waals surface area (Å²) >= 11 is 2.55. The number of carbonyl (C=O) groups is 2. The Labute approximate surface area is 213 Å². The van der Waals surface area contributed by atoms with Gasteiger partial charge in [-0.15, -0.1) is 0 Å². The predicted molar refractivity (Wildman–Crippen MR) is 144 cm³/mol. The summed E-state index contributed by atoms with van der Waals surface area (Å²) in [6, 6.07) is 8.83. The van der Waals surface area contributed by atoms with Gasteiger partial charge in [-0.05, 0) is 80.7 Å². The highest BCUT2D eigenvalue weighted by Gasteiger charge is 2.25. The van der Waals surface area contributed by atoms with Crippen LogP contribution in [0.3, 0.4) is 0 Å². The molecule has 2 aromatic rings. The van der Waals surface area contributed by atoms with Crippen molar-refractivity contribution in [3.05, 3.63) is 63.5 Å². The van der Waals surface area contributed by atoms with Crippen molar-refractivity contribution in [2.24, 2.45) is 9.98 Å². The van der Waals surface area contributed by atoms with Crippen LogP contribution in [-0.2, 0) is 11.3 Å². The summed E-state index contributed by atoms with van der Waals surface area (Å²) in [6.07, 6.45) is 7.34. The lowest BCUT2D eigenvalue weighted by atomic mass is 9.91. The number of nitrogens with zero attached hydrogens (tertiary/aromatic N) is 3. The summed E-state index contributed by atoms with van der Waals surface area (Å²) < 4.78 is 0. The van der Waals surface area contributed by atoms with Gasteiger partial charge in [-0.25, -0.2) is 9.98 Å². The van der Waals surface area contributed by atoms with Crippen LogP contribution in [0.15, 0.2) is 67.8 Å². The fourth-order valence-corrected chi connectivity index (χ4v) is 5.30. The number of hydrogen-bond acceptors (Lipinski definition) is 7. The number of carbonyl (C=O) groups excluding carboxylic acids is 2. The number of rotatable bonds is 7. The van der Waals surface area contributed by atoms with E-state index in [0.29, 0.717) is 22.6 Å². The zero-order chi connectivity index (χ0) is 24.6. The monoisotopic (exact) mass is 508 g/mol. The SMILES string of the molecule is C=NC(=NC1CCC(NCc2cccc(-c3ccsc3)n2)CC1)NC(=C\C)/C=C1\SC(=O)NC1=O. The van der Waals surface area contributed by atoms with Crippen LogP contribution < -0.4 is 16.0 Å². The van der Waals surface area contributed by atoms with E-state index >= 15 is 0 Å². The molecule has 2 fully saturated rings. The van der Waals surface area contributed by atoms with Gasteiger partial charge in [0, 0.05) is 29.2 Å². The lowest BCUT2D eigenvalue weighted by Crippen LogP contribution is -2.34. The van der Waals surface area contributed by atoms with Gasteiger partial charge in [0.25, 0.3) is 11.1 Å². The lowest BCUT2D eigenvalue weighted by molar-refractivity contribution is -0.115. The number of thiophene rings is 1. The van der Waals surface area contributed by atoms with Crippen molar-refractivity contribution in [1.82, 2.24) is 20.9 Å². The molecule has 1 saturated heterocycles. The van der Waals surface area contributed by atoms with Crippen LogP contribution in [0.4, 0.5) is 4.79 Å². The lowest BCUT2D eigenvalue weighted by Gasteiger charge is -2.27. The molecule has 4 rings (SSSR count). The number of amides is 2. The zero-order valence-electron chi connectivity index (χ0n) is 19.5. The Bertz CT molecular complexity index is 1160. The van der Waals surface area contributed by atoms with Gasteiger partial charge in [-0.2, -0.15) is 11.3 Å². The largest absolute Gasteiger partial charge is 0.325 e. The molecule has 3 heterocycles. The number of nitrogens with one attached hydrogen (secondary N) is 3. The van der Waals surface area contributed by atoms with Crippen molar-refractivity contribution < 1.29 is 9.59 Å². The van der Waals surface area contributed by atoms with E-state index in [-0.39, 0.29) is 11.3 Å². The Morgan fingerprint density at radius 1 is 1.26 bits per heavy atom. The maximum atomic E-state index is 11.8. The van der Waals surface area contributed by atoms with Crippen LogP contribution >= 0.6 is 23.1 Å². The highest BCUT2D eigenvalue weighted by Crippen LogP contribution is 2.25. The first kappa shape index (κ1) is 25.0. The topological polar surface area (TPSA) is 108 Å². The first-order chi connectivity index (χ1) is 17.0. The summed E-state index contributed by atoms with van der Waals surface area (Å²) in [4.78, 5) is 37.1. The quantitative estimate of drug-likeness (QED) is 0.286. The molecule has 2 amide bonds. The Kier molecular flexibility index (Phi) is 8.62. The highest BCUT2D eigenvalue weighted by atomic mass is 32.2. The predicted octanol–water partition coefficient (Wildman–Crippen LogP) is 4.63. The minimum absolute atomic E-state index is 0.151. The van der Waals surface area contributed by atoms with Gasteiger partial charge in [-0.1, -0.05) is 12.1 Å². The molecular weight excluding hydrogens is 480 g/mol.